The van der Waals surface area contributed by atoms with Crippen LogP contribution < -0.4 is 5.32 Å². The Morgan fingerprint density at radius 2 is 1.83 bits per heavy atom. The van der Waals surface area contributed by atoms with Crippen LogP contribution in [-0.2, 0) is 6.54 Å². The Kier molecular flexibility index (Phi) is 4.60. The van der Waals surface area contributed by atoms with Crippen molar-refractivity contribution in [1.82, 2.24) is 15.2 Å². The number of hydrogen-bond acceptors (Lipinski definition) is 3. The van der Waals surface area contributed by atoms with E-state index < -0.39 is 0 Å². The summed E-state index contributed by atoms with van der Waals surface area (Å²) >= 11 is 0. The van der Waals surface area contributed by atoms with E-state index in [0.29, 0.717) is 17.4 Å². The van der Waals surface area contributed by atoms with Crippen LogP contribution in [0.3, 0.4) is 0 Å². The number of halogens is 1. The molecule has 4 nitrogen and oxygen atoms in total. The third-order valence-corrected chi connectivity index (χ3v) is 6.12. The monoisotopic (exact) mass is 387 g/mol. The Hall–Kier alpha value is -3.05. The lowest BCUT2D eigenvalue weighted by Crippen LogP contribution is -2.33. The van der Waals surface area contributed by atoms with Gasteiger partial charge in [0.2, 0.25) is 0 Å². The minimum atomic E-state index is -0.199. The number of benzene rings is 2. The van der Waals surface area contributed by atoms with Crippen molar-refractivity contribution in [2.24, 2.45) is 5.92 Å². The summed E-state index contributed by atoms with van der Waals surface area (Å²) in [4.78, 5) is 19.2. The molecule has 1 saturated heterocycles. The molecular weight excluding hydrogens is 365 g/mol. The number of rotatable bonds is 4. The lowest BCUT2D eigenvalue weighted by molar-refractivity contribution is 0.0923. The zero-order valence-corrected chi connectivity index (χ0v) is 16.0. The number of nitrogens with one attached hydrogen (secondary N) is 1. The van der Waals surface area contributed by atoms with Gasteiger partial charge in [0.1, 0.15) is 5.82 Å². The topological polar surface area (TPSA) is 45.2 Å². The molecule has 0 bridgehead atoms. The first-order chi connectivity index (χ1) is 14.2. The van der Waals surface area contributed by atoms with Gasteiger partial charge in [-0.1, -0.05) is 36.4 Å². The molecule has 29 heavy (non-hydrogen) atoms. The van der Waals surface area contributed by atoms with E-state index in [1.54, 1.807) is 36.7 Å². The number of nitrogens with zero attached hydrogens (tertiary/aromatic N) is 2. The van der Waals surface area contributed by atoms with Crippen LogP contribution in [0.5, 0.6) is 0 Å². The molecule has 0 saturated carbocycles. The maximum atomic E-state index is 13.6. The van der Waals surface area contributed by atoms with Crippen LogP contribution in [0.1, 0.15) is 39.0 Å². The first-order valence-electron chi connectivity index (χ1n) is 9.95. The number of carbonyl (C=O) groups excluding carboxylic acids is 1. The molecule has 1 aliphatic carbocycles. The Bertz CT molecular complexity index is 1040. The first-order valence-corrected chi connectivity index (χ1v) is 9.95. The highest BCUT2D eigenvalue weighted by Gasteiger charge is 2.46. The van der Waals surface area contributed by atoms with Gasteiger partial charge in [-0.15, -0.1) is 0 Å². The molecule has 3 aromatic rings. The van der Waals surface area contributed by atoms with Crippen molar-refractivity contribution in [3.8, 4) is 0 Å². The molecule has 146 valence electrons. The Morgan fingerprint density at radius 3 is 2.62 bits per heavy atom. The second kappa shape index (κ2) is 7.41. The fourth-order valence-electron chi connectivity index (χ4n) is 4.88. The fraction of sp³-hybridized carbons (Fsp3) is 0.250. The second-order valence-electron chi connectivity index (χ2n) is 7.91. The summed E-state index contributed by atoms with van der Waals surface area (Å²) in [5.74, 6) is 0.417. The highest BCUT2D eigenvalue weighted by molar-refractivity contribution is 5.94. The maximum Gasteiger partial charge on any atom is 0.251 e. The van der Waals surface area contributed by atoms with E-state index in [1.165, 1.54) is 17.2 Å². The smallest absolute Gasteiger partial charge is 0.251 e. The third kappa shape index (κ3) is 3.42. The van der Waals surface area contributed by atoms with Gasteiger partial charge >= 0.3 is 0 Å². The number of likely N-dealkylation sites (tertiary alicyclic amines) is 1. The SMILES string of the molecule is O=C(N[C@@H]1c2ccccc2[C@@H]2CN(Cc3cccc(F)c3)C[C@H]12)c1ccncc1. The molecule has 1 amide bonds. The molecule has 2 heterocycles. The minimum absolute atomic E-state index is 0.0191. The lowest BCUT2D eigenvalue weighted by Gasteiger charge is -2.23. The van der Waals surface area contributed by atoms with Gasteiger partial charge < -0.3 is 5.32 Å². The van der Waals surface area contributed by atoms with Gasteiger partial charge in [0.15, 0.2) is 0 Å². The molecule has 1 fully saturated rings. The van der Waals surface area contributed by atoms with Crippen molar-refractivity contribution in [3.05, 3.63) is 101 Å². The van der Waals surface area contributed by atoms with Crippen LogP contribution in [0, 0.1) is 11.7 Å². The van der Waals surface area contributed by atoms with Crippen LogP contribution >= 0.6 is 0 Å². The van der Waals surface area contributed by atoms with Crippen molar-refractivity contribution < 1.29 is 9.18 Å². The van der Waals surface area contributed by atoms with Crippen molar-refractivity contribution in [2.75, 3.05) is 13.1 Å². The normalized spacial score (nSPS) is 22.9. The fourth-order valence-corrected chi connectivity index (χ4v) is 4.88. The molecular formula is C24H22FN3O. The predicted molar refractivity (Wildman–Crippen MR) is 109 cm³/mol. The number of pyridine rings is 1. The highest BCUT2D eigenvalue weighted by atomic mass is 19.1. The van der Waals surface area contributed by atoms with Gasteiger partial charge in [-0.05, 0) is 41.0 Å². The van der Waals surface area contributed by atoms with E-state index >= 15 is 0 Å². The summed E-state index contributed by atoms with van der Waals surface area (Å²) in [6.07, 6.45) is 3.27. The number of amides is 1. The molecule has 1 N–H and O–H groups in total. The van der Waals surface area contributed by atoms with Gasteiger partial charge in [-0.2, -0.15) is 0 Å². The Morgan fingerprint density at radius 1 is 1.03 bits per heavy atom. The average Bonchev–Trinajstić information content (AvgIpc) is 3.27. The molecule has 0 radical (unpaired) electrons. The van der Waals surface area contributed by atoms with Gasteiger partial charge in [0, 0.05) is 49.4 Å². The van der Waals surface area contributed by atoms with Crippen molar-refractivity contribution >= 4 is 5.91 Å². The Balaban J connectivity index is 1.38. The number of aromatic nitrogens is 1. The summed E-state index contributed by atoms with van der Waals surface area (Å²) in [5.41, 5.74) is 4.14. The molecule has 1 aromatic heterocycles. The van der Waals surface area contributed by atoms with E-state index in [1.807, 2.05) is 12.1 Å². The van der Waals surface area contributed by atoms with Crippen LogP contribution in [-0.4, -0.2) is 28.9 Å². The molecule has 3 atom stereocenters. The minimum Gasteiger partial charge on any atom is -0.345 e. The largest absolute Gasteiger partial charge is 0.345 e. The van der Waals surface area contributed by atoms with Crippen LogP contribution in [0.15, 0.2) is 73.1 Å². The van der Waals surface area contributed by atoms with E-state index in [9.17, 15) is 9.18 Å². The van der Waals surface area contributed by atoms with E-state index in [-0.39, 0.29) is 17.8 Å². The standard InChI is InChI=1S/C24H22FN3O/c25-18-5-3-4-16(12-18)13-28-14-21-19-6-1-2-7-20(19)23(22(21)15-28)27-24(29)17-8-10-26-11-9-17/h1-12,21-23H,13-15H2,(H,27,29)/t21-,22-,23+/m0/s1. The highest BCUT2D eigenvalue weighted by Crippen LogP contribution is 2.49. The molecule has 2 aromatic carbocycles. The average molecular weight is 387 g/mol. The molecule has 5 rings (SSSR count). The number of carbonyl (C=O) groups is 1. The molecule has 0 unspecified atom stereocenters. The van der Waals surface area contributed by atoms with Gasteiger partial charge in [-0.25, -0.2) is 4.39 Å². The maximum absolute atomic E-state index is 13.6. The van der Waals surface area contributed by atoms with Gasteiger partial charge in [0.25, 0.3) is 5.91 Å². The number of fused-ring (bicyclic) bond motifs is 3. The number of hydrogen-bond donors (Lipinski definition) is 1. The molecule has 1 aliphatic heterocycles. The van der Waals surface area contributed by atoms with Crippen LogP contribution in [0.25, 0.3) is 0 Å². The van der Waals surface area contributed by atoms with E-state index in [4.69, 9.17) is 0 Å². The van der Waals surface area contributed by atoms with E-state index in [0.717, 1.165) is 25.2 Å². The Labute approximate surface area is 169 Å². The van der Waals surface area contributed by atoms with E-state index in [2.05, 4.69) is 33.4 Å². The summed E-state index contributed by atoms with van der Waals surface area (Å²) in [6.45, 7) is 2.51. The quantitative estimate of drug-likeness (QED) is 0.738. The van der Waals surface area contributed by atoms with Crippen LogP contribution in [0.2, 0.25) is 0 Å². The molecule has 5 heteroatoms. The molecule has 2 aliphatic rings. The van der Waals surface area contributed by atoms with Crippen molar-refractivity contribution in [2.45, 2.75) is 18.5 Å². The predicted octanol–water partition coefficient (Wildman–Crippen LogP) is 3.92. The lowest BCUT2D eigenvalue weighted by atomic mass is 9.94. The van der Waals surface area contributed by atoms with Crippen LogP contribution in [0.4, 0.5) is 4.39 Å². The van der Waals surface area contributed by atoms with Gasteiger partial charge in [0.05, 0.1) is 6.04 Å². The molecule has 0 spiro atoms. The van der Waals surface area contributed by atoms with Crippen molar-refractivity contribution in [1.29, 1.82) is 0 Å². The summed E-state index contributed by atoms with van der Waals surface area (Å²) < 4.78 is 13.6. The zero-order valence-electron chi connectivity index (χ0n) is 16.0. The summed E-state index contributed by atoms with van der Waals surface area (Å²) in [6, 6.07) is 18.7. The summed E-state index contributed by atoms with van der Waals surface area (Å²) in [5, 5.41) is 3.26. The van der Waals surface area contributed by atoms with Crippen molar-refractivity contribution in [3.63, 3.8) is 0 Å². The second-order valence-corrected chi connectivity index (χ2v) is 7.91. The zero-order chi connectivity index (χ0) is 19.8. The van der Waals surface area contributed by atoms with Gasteiger partial charge in [-0.3, -0.25) is 14.7 Å². The third-order valence-electron chi connectivity index (χ3n) is 6.12. The first kappa shape index (κ1) is 18.0. The summed E-state index contributed by atoms with van der Waals surface area (Å²) in [7, 11) is 0.